The third kappa shape index (κ3) is 2.33. The van der Waals surface area contributed by atoms with E-state index in [1.54, 1.807) is 6.92 Å². The number of anilines is 1. The molecule has 2 N–H and O–H groups in total. The van der Waals surface area contributed by atoms with Gasteiger partial charge in [0, 0.05) is 22.9 Å². The van der Waals surface area contributed by atoms with E-state index in [1.807, 2.05) is 0 Å². The number of benzene rings is 1. The zero-order valence-corrected chi connectivity index (χ0v) is 9.58. The molecule has 0 bridgehead atoms. The summed E-state index contributed by atoms with van der Waals surface area (Å²) in [6, 6.07) is 2.66. The van der Waals surface area contributed by atoms with E-state index in [1.165, 1.54) is 12.1 Å². The minimum Gasteiger partial charge on any atom is -0.398 e. The lowest BCUT2D eigenvalue weighted by Gasteiger charge is -2.04. The van der Waals surface area contributed by atoms with E-state index >= 15 is 0 Å². The van der Waals surface area contributed by atoms with Crippen molar-refractivity contribution in [2.45, 2.75) is 6.92 Å². The van der Waals surface area contributed by atoms with Gasteiger partial charge in [-0.1, -0.05) is 15.9 Å². The molecule has 0 saturated heterocycles. The number of hydrogen-bond donors (Lipinski definition) is 1. The zero-order chi connectivity index (χ0) is 11.6. The predicted octanol–water partition coefficient (Wildman–Crippen LogP) is 2.06. The minimum absolute atomic E-state index is 0.0707. The molecule has 5 nitrogen and oxygen atoms in total. The van der Waals surface area contributed by atoms with Crippen LogP contribution in [0.4, 0.5) is 11.4 Å². The van der Waals surface area contributed by atoms with Crippen LogP contribution in [0.25, 0.3) is 0 Å². The second kappa shape index (κ2) is 4.39. The van der Waals surface area contributed by atoms with Gasteiger partial charge in [0.2, 0.25) is 0 Å². The second-order valence-corrected chi connectivity index (χ2v) is 3.60. The number of hydrogen-bond acceptors (Lipinski definition) is 4. The number of halogens is 1. The van der Waals surface area contributed by atoms with E-state index in [0.717, 1.165) is 0 Å². The number of carbonyl (C=O) groups is 1. The van der Waals surface area contributed by atoms with Gasteiger partial charge in [0.15, 0.2) is 5.78 Å². The number of carbonyl (C=O) groups excluding carboxylic acids is 1. The molecule has 0 aromatic heterocycles. The molecular formula is C9H9BrN2O3. The summed E-state index contributed by atoms with van der Waals surface area (Å²) in [5.41, 5.74) is 6.37. The fourth-order valence-electron chi connectivity index (χ4n) is 1.22. The van der Waals surface area contributed by atoms with Crippen molar-refractivity contribution in [3.8, 4) is 0 Å². The first-order chi connectivity index (χ1) is 6.97. The molecule has 1 aromatic rings. The van der Waals surface area contributed by atoms with Gasteiger partial charge < -0.3 is 5.73 Å². The monoisotopic (exact) mass is 272 g/mol. The molecule has 0 amide bonds. The SMILES string of the molecule is Cc1cc(C(=O)CBr)c(N)cc1[N+](=O)[O-]. The maximum Gasteiger partial charge on any atom is 0.274 e. The number of Topliss-reactive ketones (excluding diaryl/α,β-unsaturated/α-hetero) is 1. The molecule has 6 heteroatoms. The van der Waals surface area contributed by atoms with Crippen LogP contribution >= 0.6 is 15.9 Å². The van der Waals surface area contributed by atoms with Gasteiger partial charge in [-0.2, -0.15) is 0 Å². The van der Waals surface area contributed by atoms with Crippen molar-refractivity contribution in [3.63, 3.8) is 0 Å². The predicted molar refractivity (Wildman–Crippen MR) is 60.4 cm³/mol. The first-order valence-corrected chi connectivity index (χ1v) is 5.23. The largest absolute Gasteiger partial charge is 0.398 e. The molecule has 0 atom stereocenters. The molecule has 0 radical (unpaired) electrons. The number of ketones is 1. The van der Waals surface area contributed by atoms with Gasteiger partial charge >= 0.3 is 0 Å². The summed E-state index contributed by atoms with van der Waals surface area (Å²) in [4.78, 5) is 21.4. The highest BCUT2D eigenvalue weighted by atomic mass is 79.9. The van der Waals surface area contributed by atoms with Crippen LogP contribution in [-0.4, -0.2) is 16.0 Å². The van der Waals surface area contributed by atoms with E-state index in [-0.39, 0.29) is 22.5 Å². The highest BCUT2D eigenvalue weighted by molar-refractivity contribution is 9.09. The average molecular weight is 273 g/mol. The Morgan fingerprint density at radius 1 is 1.60 bits per heavy atom. The first kappa shape index (κ1) is 11.6. The number of nitro benzene ring substituents is 1. The van der Waals surface area contributed by atoms with Gasteiger partial charge in [-0.05, 0) is 13.0 Å². The van der Waals surface area contributed by atoms with Gasteiger partial charge in [0.25, 0.3) is 5.69 Å². The van der Waals surface area contributed by atoms with Crippen LogP contribution in [0.5, 0.6) is 0 Å². The number of nitrogens with zero attached hydrogens (tertiary/aromatic N) is 1. The molecule has 0 aliphatic carbocycles. The highest BCUT2D eigenvalue weighted by Gasteiger charge is 2.16. The molecule has 0 aliphatic heterocycles. The summed E-state index contributed by atoms with van der Waals surface area (Å²) in [6.07, 6.45) is 0. The Bertz CT molecular complexity index is 432. The fourth-order valence-corrected chi connectivity index (χ4v) is 1.52. The van der Waals surface area contributed by atoms with Crippen LogP contribution in [0.15, 0.2) is 12.1 Å². The van der Waals surface area contributed by atoms with Crippen LogP contribution < -0.4 is 5.73 Å². The Morgan fingerprint density at radius 3 is 2.67 bits per heavy atom. The van der Waals surface area contributed by atoms with Gasteiger partial charge in [0.05, 0.1) is 10.3 Å². The van der Waals surface area contributed by atoms with E-state index in [0.29, 0.717) is 11.1 Å². The fraction of sp³-hybridized carbons (Fsp3) is 0.222. The Kier molecular flexibility index (Phi) is 3.41. The molecule has 0 aliphatic rings. The molecule has 0 saturated carbocycles. The number of nitro groups is 1. The molecular weight excluding hydrogens is 264 g/mol. The summed E-state index contributed by atoms with van der Waals surface area (Å²) < 4.78 is 0. The van der Waals surface area contributed by atoms with Crippen molar-refractivity contribution < 1.29 is 9.72 Å². The van der Waals surface area contributed by atoms with Crippen molar-refractivity contribution in [2.24, 2.45) is 0 Å². The Balaban J connectivity index is 3.31. The zero-order valence-electron chi connectivity index (χ0n) is 7.99. The number of rotatable bonds is 3. The van der Waals surface area contributed by atoms with Crippen LogP contribution in [0.1, 0.15) is 15.9 Å². The van der Waals surface area contributed by atoms with Crippen LogP contribution in [0.3, 0.4) is 0 Å². The minimum atomic E-state index is -0.520. The lowest BCUT2D eigenvalue weighted by atomic mass is 10.0. The lowest BCUT2D eigenvalue weighted by Crippen LogP contribution is -2.06. The Labute approximate surface area is 94.5 Å². The summed E-state index contributed by atoms with van der Waals surface area (Å²) in [6.45, 7) is 1.57. The molecule has 0 heterocycles. The van der Waals surface area contributed by atoms with Crippen LogP contribution in [0, 0.1) is 17.0 Å². The summed E-state index contributed by atoms with van der Waals surface area (Å²) in [5, 5.41) is 10.7. The van der Waals surface area contributed by atoms with Gasteiger partial charge in [0.1, 0.15) is 0 Å². The molecule has 0 fully saturated rings. The Morgan fingerprint density at radius 2 is 2.20 bits per heavy atom. The van der Waals surface area contributed by atoms with Crippen molar-refractivity contribution in [2.75, 3.05) is 11.1 Å². The Hall–Kier alpha value is -1.43. The molecule has 0 spiro atoms. The third-order valence-electron chi connectivity index (χ3n) is 1.99. The average Bonchev–Trinajstić information content (AvgIpc) is 2.19. The number of aryl methyl sites for hydroxylation is 1. The van der Waals surface area contributed by atoms with Crippen molar-refractivity contribution in [1.29, 1.82) is 0 Å². The second-order valence-electron chi connectivity index (χ2n) is 3.04. The molecule has 0 unspecified atom stereocenters. The van der Waals surface area contributed by atoms with Gasteiger partial charge in [-0.15, -0.1) is 0 Å². The molecule has 15 heavy (non-hydrogen) atoms. The normalized spacial score (nSPS) is 10.0. The summed E-state index contributed by atoms with van der Waals surface area (Å²) in [7, 11) is 0. The van der Waals surface area contributed by atoms with Gasteiger partial charge in [-0.25, -0.2) is 0 Å². The molecule has 1 aromatic carbocycles. The van der Waals surface area contributed by atoms with E-state index in [4.69, 9.17) is 5.73 Å². The molecule has 80 valence electrons. The topological polar surface area (TPSA) is 86.2 Å². The standard InChI is InChI=1S/C9H9BrN2O3/c1-5-2-6(9(13)4-10)7(11)3-8(5)12(14)15/h2-3H,4,11H2,1H3. The first-order valence-electron chi connectivity index (χ1n) is 4.11. The van der Waals surface area contributed by atoms with Crippen molar-refractivity contribution >= 4 is 33.1 Å². The third-order valence-corrected chi connectivity index (χ3v) is 2.50. The highest BCUT2D eigenvalue weighted by Crippen LogP contribution is 2.25. The molecule has 1 rings (SSSR count). The maximum atomic E-state index is 11.4. The number of nitrogens with two attached hydrogens (primary N) is 1. The number of alkyl halides is 1. The van der Waals surface area contributed by atoms with E-state index < -0.39 is 4.92 Å². The lowest BCUT2D eigenvalue weighted by molar-refractivity contribution is -0.385. The van der Waals surface area contributed by atoms with Crippen LogP contribution in [-0.2, 0) is 0 Å². The van der Waals surface area contributed by atoms with Crippen molar-refractivity contribution in [3.05, 3.63) is 33.4 Å². The van der Waals surface area contributed by atoms with Crippen LogP contribution in [0.2, 0.25) is 0 Å². The summed E-state index contributed by atoms with van der Waals surface area (Å²) >= 11 is 3.02. The maximum absolute atomic E-state index is 11.4. The van der Waals surface area contributed by atoms with Crippen molar-refractivity contribution in [1.82, 2.24) is 0 Å². The van der Waals surface area contributed by atoms with Gasteiger partial charge in [-0.3, -0.25) is 14.9 Å². The quantitative estimate of drug-likeness (QED) is 0.300. The van der Waals surface area contributed by atoms with E-state index in [9.17, 15) is 14.9 Å². The smallest absolute Gasteiger partial charge is 0.274 e. The summed E-state index contributed by atoms with van der Waals surface area (Å²) in [5.74, 6) is -0.189. The van der Waals surface area contributed by atoms with E-state index in [2.05, 4.69) is 15.9 Å². The number of nitrogen functional groups attached to an aromatic ring is 1.